The Balaban J connectivity index is 0.905. The number of fused-ring (bicyclic) bond motifs is 18. The van der Waals surface area contributed by atoms with Gasteiger partial charge in [-0.05, 0) is 150 Å². The van der Waals surface area contributed by atoms with Crippen molar-refractivity contribution in [2.24, 2.45) is 0 Å². The number of hydrogen-bond acceptors (Lipinski definition) is 2. The first kappa shape index (κ1) is 57.6. The Labute approximate surface area is 596 Å². The lowest BCUT2D eigenvalue weighted by Crippen LogP contribution is -2.10. The number of hydrogen-bond donors (Lipinski definition) is 0. The van der Waals surface area contributed by atoms with E-state index in [1.165, 1.54) is 43.1 Å². The van der Waals surface area contributed by atoms with Gasteiger partial charge in [-0.25, -0.2) is 4.98 Å². The molecule has 7 heterocycles. The molecule has 0 N–H and O–H groups in total. The zero-order valence-corrected chi connectivity index (χ0v) is 56.1. The van der Waals surface area contributed by atoms with E-state index in [1.807, 2.05) is 12.1 Å². The molecule has 8 nitrogen and oxygen atoms in total. The van der Waals surface area contributed by atoms with Crippen LogP contribution in [-0.4, -0.2) is 32.4 Å². The first-order valence-electron chi connectivity index (χ1n) is 35.4. The lowest BCUT2D eigenvalue weighted by Gasteiger charge is -2.25. The average molecular weight is 1320 g/mol. The van der Waals surface area contributed by atoms with E-state index in [2.05, 4.69) is 373 Å². The molecule has 0 saturated carbocycles. The van der Waals surface area contributed by atoms with Crippen LogP contribution in [0.4, 0.5) is 0 Å². The number of aromatic nitrogens is 7. The number of rotatable bonds is 9. The Hall–Kier alpha value is -14.3. The third kappa shape index (κ3) is 8.32. The molecule has 0 fully saturated rings. The van der Waals surface area contributed by atoms with E-state index in [-0.39, 0.29) is 0 Å². The van der Waals surface area contributed by atoms with E-state index in [0.29, 0.717) is 5.56 Å². The van der Waals surface area contributed by atoms with Gasteiger partial charge in [-0.1, -0.05) is 218 Å². The number of nitriles is 1. The van der Waals surface area contributed by atoms with Gasteiger partial charge in [0.05, 0.1) is 77.8 Å². The molecule has 0 aliphatic rings. The molecule has 0 aliphatic carbocycles. The zero-order valence-electron chi connectivity index (χ0n) is 56.1. The van der Waals surface area contributed by atoms with E-state index in [0.717, 1.165) is 156 Å². The van der Waals surface area contributed by atoms with Crippen LogP contribution in [0, 0.1) is 11.3 Å². The van der Waals surface area contributed by atoms with Gasteiger partial charge in [0.15, 0.2) is 0 Å². The lowest BCUT2D eigenvalue weighted by atomic mass is 9.87. The van der Waals surface area contributed by atoms with Crippen LogP contribution >= 0.6 is 0 Å². The predicted octanol–water partition coefficient (Wildman–Crippen LogP) is 24.5. The molecule has 0 spiro atoms. The molecule has 0 radical (unpaired) electrons. The topological polar surface area (TPSA) is 66.3 Å². The molecule has 22 rings (SSSR count). The summed E-state index contributed by atoms with van der Waals surface area (Å²) in [4.78, 5) is 6.50. The van der Waals surface area contributed by atoms with Gasteiger partial charge >= 0.3 is 0 Å². The van der Waals surface area contributed by atoms with E-state index in [9.17, 15) is 5.26 Å². The number of benzene rings is 15. The SMILES string of the molecule is N#Cc1ccc(-c2c(-c3ccccc3)c(-n3c4ccc(-n5c6ccccc6c6ccccc65)cc4c4cc(-n5c6ccccc6c6ccccc65)ccc43)nc(-n3c4ccc(-n5c6ccccc6c6ccccc65)cc4c4cc(-n5c6ccccc6c6ccccc65)ccc43)c2-c2ccccc2)cc1. The molecule has 0 aliphatic heterocycles. The van der Waals surface area contributed by atoms with Crippen molar-refractivity contribution in [3.05, 3.63) is 357 Å². The normalized spacial score (nSPS) is 12.0. The molecule has 0 bridgehead atoms. The average Bonchev–Trinajstić information content (AvgIpc) is 1.51. The maximum absolute atomic E-state index is 10.6. The van der Waals surface area contributed by atoms with Gasteiger partial charge in [0.25, 0.3) is 0 Å². The molecule has 0 unspecified atom stereocenters. The van der Waals surface area contributed by atoms with Crippen LogP contribution < -0.4 is 0 Å². The Kier molecular flexibility index (Phi) is 12.4. The van der Waals surface area contributed by atoms with Gasteiger partial charge in [-0.2, -0.15) is 5.26 Å². The standard InChI is InChI=1S/C96H58N8/c97-59-60-43-45-63(46-44-60)92-93(61-23-3-1-4-24-61)95(103-88-51-47-64(99-80-35-15-7-27-68(80)69-28-8-16-36-81(69)99)55-76(88)77-56-65(48-52-89(77)103)100-82-37-17-9-29-70(82)71-30-10-18-38-83(71)100)98-96(94(92)62-25-5-2-6-26-62)104-90-53-49-66(101-84-39-19-11-31-72(84)73-32-12-20-40-85(73)101)57-78(90)79-58-67(50-54-91(79)104)102-86-41-21-13-33-74(86)75-34-14-22-42-87(75)102/h1-58H. The van der Waals surface area contributed by atoms with Gasteiger partial charge in [-0.3, -0.25) is 9.13 Å². The summed E-state index contributed by atoms with van der Waals surface area (Å²) >= 11 is 0. The highest BCUT2D eigenvalue weighted by molar-refractivity contribution is 6.18. The highest BCUT2D eigenvalue weighted by Crippen LogP contribution is 2.51. The highest BCUT2D eigenvalue weighted by atomic mass is 15.2. The molecule has 8 heteroatoms. The van der Waals surface area contributed by atoms with E-state index in [4.69, 9.17) is 4.98 Å². The number of nitrogens with zero attached hydrogens (tertiary/aromatic N) is 8. The fourth-order valence-corrected chi connectivity index (χ4v) is 17.5. The van der Waals surface area contributed by atoms with E-state index in [1.54, 1.807) is 0 Å². The largest absolute Gasteiger partial charge is 0.309 e. The Morgan fingerprint density at radius 3 is 0.663 bits per heavy atom. The van der Waals surface area contributed by atoms with Crippen LogP contribution in [0.1, 0.15) is 5.56 Å². The van der Waals surface area contributed by atoms with Crippen molar-refractivity contribution in [1.29, 1.82) is 5.26 Å². The maximum Gasteiger partial charge on any atom is 0.148 e. The summed E-state index contributed by atoms with van der Waals surface area (Å²) in [6.07, 6.45) is 0. The minimum atomic E-state index is 0.576. The van der Waals surface area contributed by atoms with Crippen LogP contribution in [-0.2, 0) is 0 Å². The Bertz CT molecular complexity index is 6450. The number of para-hydroxylation sites is 8. The Morgan fingerprint density at radius 2 is 0.413 bits per heavy atom. The second kappa shape index (κ2) is 22.4. The minimum absolute atomic E-state index is 0.576. The van der Waals surface area contributed by atoms with E-state index < -0.39 is 0 Å². The number of pyridine rings is 1. The van der Waals surface area contributed by atoms with Crippen molar-refractivity contribution < 1.29 is 0 Å². The van der Waals surface area contributed by atoms with Crippen LogP contribution in [0.25, 0.3) is 199 Å². The van der Waals surface area contributed by atoms with Crippen molar-refractivity contribution >= 4 is 131 Å². The molecule has 0 atom stereocenters. The Morgan fingerprint density at radius 1 is 0.192 bits per heavy atom. The summed E-state index contributed by atoms with van der Waals surface area (Å²) < 4.78 is 14.6. The van der Waals surface area contributed by atoms with Crippen LogP contribution in [0.3, 0.4) is 0 Å². The fourth-order valence-electron chi connectivity index (χ4n) is 17.5. The van der Waals surface area contributed by atoms with Crippen LogP contribution in [0.15, 0.2) is 352 Å². The molecule has 104 heavy (non-hydrogen) atoms. The third-order valence-corrected chi connectivity index (χ3v) is 21.8. The summed E-state index contributed by atoms with van der Waals surface area (Å²) in [6.45, 7) is 0. The predicted molar refractivity (Wildman–Crippen MR) is 431 cm³/mol. The third-order valence-electron chi connectivity index (χ3n) is 21.8. The van der Waals surface area contributed by atoms with E-state index >= 15 is 0 Å². The van der Waals surface area contributed by atoms with Crippen LogP contribution in [0.5, 0.6) is 0 Å². The highest BCUT2D eigenvalue weighted by Gasteiger charge is 2.31. The summed E-state index contributed by atoms with van der Waals surface area (Å²) in [5.74, 6) is 1.50. The van der Waals surface area contributed by atoms with Gasteiger partial charge in [0.2, 0.25) is 0 Å². The van der Waals surface area contributed by atoms with Gasteiger partial charge in [0, 0.05) is 104 Å². The van der Waals surface area contributed by atoms with Gasteiger partial charge < -0.3 is 18.3 Å². The molecule has 482 valence electrons. The van der Waals surface area contributed by atoms with Gasteiger partial charge in [-0.15, -0.1) is 0 Å². The van der Waals surface area contributed by atoms with Crippen molar-refractivity contribution in [1.82, 2.24) is 32.4 Å². The molecular weight excluding hydrogens is 1270 g/mol. The quantitative estimate of drug-likeness (QED) is 0.145. The molecular formula is C96H58N8. The summed E-state index contributed by atoms with van der Waals surface area (Å²) in [7, 11) is 0. The second-order valence-electron chi connectivity index (χ2n) is 27.3. The molecule has 15 aromatic carbocycles. The molecule has 0 amide bonds. The summed E-state index contributed by atoms with van der Waals surface area (Å²) in [5.41, 5.74) is 23.6. The van der Waals surface area contributed by atoms with Gasteiger partial charge in [0.1, 0.15) is 11.6 Å². The first-order valence-corrected chi connectivity index (χ1v) is 35.4. The fraction of sp³-hybridized carbons (Fsp3) is 0. The summed E-state index contributed by atoms with van der Waals surface area (Å²) in [6, 6.07) is 130. The lowest BCUT2D eigenvalue weighted by molar-refractivity contribution is 1.02. The monoisotopic (exact) mass is 1320 g/mol. The first-order chi connectivity index (χ1) is 51.6. The zero-order chi connectivity index (χ0) is 68.3. The molecule has 0 saturated heterocycles. The van der Waals surface area contributed by atoms with Crippen molar-refractivity contribution in [3.8, 4) is 73.8 Å². The van der Waals surface area contributed by atoms with Crippen molar-refractivity contribution in [2.45, 2.75) is 0 Å². The van der Waals surface area contributed by atoms with Crippen LogP contribution in [0.2, 0.25) is 0 Å². The maximum atomic E-state index is 10.6. The molecule has 7 aromatic heterocycles. The second-order valence-corrected chi connectivity index (χ2v) is 27.3. The summed E-state index contributed by atoms with van der Waals surface area (Å²) in [5, 5.41) is 24.5. The smallest absolute Gasteiger partial charge is 0.148 e. The van der Waals surface area contributed by atoms with Crippen molar-refractivity contribution in [3.63, 3.8) is 0 Å². The molecule has 22 aromatic rings. The van der Waals surface area contributed by atoms with Crippen molar-refractivity contribution in [2.75, 3.05) is 0 Å². The minimum Gasteiger partial charge on any atom is -0.309 e.